The standard InChI is InChI=1S/C27H25F3N2O3.C27H28N2O5/c28-27(29,30)22-5-1-3-18(13-22)14-25(33)32-23-6-2-4-19(16-23)20-7-8-24-21(15-20)17-34-26(35-24)9-11-31-12-10-26;1-32-25-13-18(5-7-23(25)30)14-26(31)29-22-4-2-3-19(16-22)20-6-8-24-21(15-20)17-33-27(34-24)9-11-28-12-10-27/h1-8,13,15-16,31H,9-12,14,17H2,(H,32,33);2-8,13,15-16,28,30H,9-12,14,17H2,1H3,(H,29,31). The number of halogens is 3. The van der Waals surface area contributed by atoms with Crippen LogP contribution in [0, 0.1) is 0 Å². The second-order valence-corrected chi connectivity index (χ2v) is 17.6. The molecule has 0 radical (unpaired) electrons. The van der Waals surface area contributed by atoms with E-state index in [0.29, 0.717) is 35.9 Å². The zero-order valence-electron chi connectivity index (χ0n) is 38.0. The molecule has 2 spiro atoms. The second kappa shape index (κ2) is 20.4. The highest BCUT2D eigenvalue weighted by Gasteiger charge is 2.40. The minimum Gasteiger partial charge on any atom is -0.504 e. The molecule has 0 saturated carbocycles. The molecule has 4 aliphatic heterocycles. The van der Waals surface area contributed by atoms with E-state index in [0.717, 1.165) is 114 Å². The van der Waals surface area contributed by atoms with E-state index in [1.54, 1.807) is 18.2 Å². The van der Waals surface area contributed by atoms with Gasteiger partial charge in [0.05, 0.1) is 38.7 Å². The zero-order chi connectivity index (χ0) is 48.0. The molecule has 0 aliphatic carbocycles. The van der Waals surface area contributed by atoms with Crippen molar-refractivity contribution in [2.24, 2.45) is 0 Å². The summed E-state index contributed by atoms with van der Waals surface area (Å²) in [6.07, 6.45) is -1.14. The Morgan fingerprint density at radius 3 is 1.58 bits per heavy atom. The Morgan fingerprint density at radius 2 is 1.09 bits per heavy atom. The predicted molar refractivity (Wildman–Crippen MR) is 255 cm³/mol. The number of carbonyl (C=O) groups is 2. The Bertz CT molecular complexity index is 2820. The van der Waals surface area contributed by atoms with Crippen LogP contribution in [0.5, 0.6) is 23.0 Å². The first kappa shape index (κ1) is 47.2. The number of benzene rings is 6. The summed E-state index contributed by atoms with van der Waals surface area (Å²) in [7, 11) is 1.48. The highest BCUT2D eigenvalue weighted by atomic mass is 19.4. The number of aromatic hydroxyl groups is 1. The summed E-state index contributed by atoms with van der Waals surface area (Å²) >= 11 is 0. The van der Waals surface area contributed by atoms with Crippen LogP contribution < -0.4 is 35.5 Å². The third-order valence-corrected chi connectivity index (χ3v) is 12.6. The van der Waals surface area contributed by atoms with Crippen molar-refractivity contribution in [3.05, 3.63) is 155 Å². The normalized spacial score (nSPS) is 16.6. The average molecular weight is 943 g/mol. The Labute approximate surface area is 398 Å². The van der Waals surface area contributed by atoms with Crippen molar-refractivity contribution in [3.63, 3.8) is 0 Å². The number of rotatable bonds is 9. The lowest BCUT2D eigenvalue weighted by atomic mass is 9.99. The quantitative estimate of drug-likeness (QED) is 0.0949. The molecule has 5 N–H and O–H groups in total. The van der Waals surface area contributed by atoms with E-state index in [1.165, 1.54) is 25.3 Å². The topological polar surface area (TPSA) is 149 Å². The van der Waals surface area contributed by atoms with E-state index >= 15 is 0 Å². The summed E-state index contributed by atoms with van der Waals surface area (Å²) in [4.78, 5) is 25.1. The highest BCUT2D eigenvalue weighted by molar-refractivity contribution is 5.94. The zero-order valence-corrected chi connectivity index (χ0v) is 38.0. The fourth-order valence-corrected chi connectivity index (χ4v) is 8.95. The highest BCUT2D eigenvalue weighted by Crippen LogP contribution is 2.40. The minimum atomic E-state index is -4.44. The van der Waals surface area contributed by atoms with Gasteiger partial charge < -0.3 is 50.1 Å². The van der Waals surface area contributed by atoms with Gasteiger partial charge in [0.15, 0.2) is 11.5 Å². The van der Waals surface area contributed by atoms with Crippen LogP contribution in [0.3, 0.4) is 0 Å². The molecule has 69 heavy (non-hydrogen) atoms. The first-order valence-electron chi connectivity index (χ1n) is 23.0. The maximum Gasteiger partial charge on any atom is 0.416 e. The number of carbonyl (C=O) groups excluding carboxylic acids is 2. The van der Waals surface area contributed by atoms with Crippen LogP contribution >= 0.6 is 0 Å². The smallest absolute Gasteiger partial charge is 0.416 e. The molecule has 0 unspecified atom stereocenters. The van der Waals surface area contributed by atoms with Gasteiger partial charge in [-0.05, 0) is 100 Å². The van der Waals surface area contributed by atoms with E-state index in [2.05, 4.69) is 27.3 Å². The molecule has 2 amide bonds. The van der Waals surface area contributed by atoms with Gasteiger partial charge in [0, 0.05) is 74.4 Å². The number of fused-ring (bicyclic) bond motifs is 2. The maximum atomic E-state index is 12.9. The van der Waals surface area contributed by atoms with Crippen LogP contribution in [0.1, 0.15) is 53.5 Å². The summed E-state index contributed by atoms with van der Waals surface area (Å²) < 4.78 is 68.7. The van der Waals surface area contributed by atoms with Gasteiger partial charge in [-0.1, -0.05) is 60.7 Å². The number of phenolic OH excluding ortho intramolecular Hbond substituents is 1. The molecule has 4 aliphatic rings. The molecule has 6 aromatic carbocycles. The van der Waals surface area contributed by atoms with Crippen LogP contribution in [-0.2, 0) is 51.3 Å². The molecule has 2 saturated heterocycles. The summed E-state index contributed by atoms with van der Waals surface area (Å²) in [5.74, 6) is 0.503. The molecule has 6 aromatic rings. The molecule has 0 atom stereocenters. The lowest BCUT2D eigenvalue weighted by molar-refractivity contribution is -0.219. The molecular weight excluding hydrogens is 890 g/mol. The van der Waals surface area contributed by atoms with E-state index in [1.807, 2.05) is 72.8 Å². The van der Waals surface area contributed by atoms with Crippen LogP contribution in [0.4, 0.5) is 24.5 Å². The van der Waals surface area contributed by atoms with Crippen molar-refractivity contribution in [1.82, 2.24) is 10.6 Å². The number of phenols is 1. The molecule has 4 heterocycles. The van der Waals surface area contributed by atoms with Gasteiger partial charge in [-0.15, -0.1) is 0 Å². The Morgan fingerprint density at radius 1 is 0.609 bits per heavy atom. The number of anilines is 2. The molecule has 15 heteroatoms. The number of alkyl halides is 3. The van der Waals surface area contributed by atoms with Gasteiger partial charge in [0.1, 0.15) is 11.5 Å². The molecule has 10 rings (SSSR count). The van der Waals surface area contributed by atoms with Crippen molar-refractivity contribution >= 4 is 23.2 Å². The van der Waals surface area contributed by atoms with Gasteiger partial charge in [-0.3, -0.25) is 9.59 Å². The van der Waals surface area contributed by atoms with Crippen molar-refractivity contribution in [1.29, 1.82) is 0 Å². The number of ether oxygens (including phenoxy) is 5. The molecule has 358 valence electrons. The monoisotopic (exact) mass is 942 g/mol. The molecule has 0 aromatic heterocycles. The van der Waals surface area contributed by atoms with Gasteiger partial charge in [0.2, 0.25) is 23.4 Å². The fourth-order valence-electron chi connectivity index (χ4n) is 8.95. The first-order chi connectivity index (χ1) is 33.3. The SMILES string of the molecule is COc1cc(CC(=O)Nc2cccc(-c3ccc4c(c3)COC3(CCNCC3)O4)c2)ccc1O.O=C(Cc1cccc(C(F)(F)F)c1)Nc1cccc(-c2ccc3c(c2)COC2(CCNCC2)O3)c1. The van der Waals surface area contributed by atoms with Crippen molar-refractivity contribution < 1.29 is 51.6 Å². The lowest BCUT2D eigenvalue weighted by Crippen LogP contribution is -2.49. The third kappa shape index (κ3) is 11.5. The third-order valence-electron chi connectivity index (χ3n) is 12.6. The Kier molecular flexibility index (Phi) is 13.9. The predicted octanol–water partition coefficient (Wildman–Crippen LogP) is 9.78. The van der Waals surface area contributed by atoms with Crippen LogP contribution in [0.25, 0.3) is 22.3 Å². The van der Waals surface area contributed by atoms with E-state index in [4.69, 9.17) is 23.7 Å². The minimum absolute atomic E-state index is 0.0473. The maximum absolute atomic E-state index is 12.9. The van der Waals surface area contributed by atoms with Crippen molar-refractivity contribution in [2.45, 2.75) is 69.5 Å². The van der Waals surface area contributed by atoms with Crippen LogP contribution in [0.15, 0.2) is 127 Å². The van der Waals surface area contributed by atoms with Crippen molar-refractivity contribution in [3.8, 4) is 45.3 Å². The molecule has 2 fully saturated rings. The number of amides is 2. The second-order valence-electron chi connectivity index (χ2n) is 17.6. The van der Waals surface area contributed by atoms with Gasteiger partial charge in [0.25, 0.3) is 0 Å². The van der Waals surface area contributed by atoms with Gasteiger partial charge in [-0.25, -0.2) is 0 Å². The number of hydrogen-bond donors (Lipinski definition) is 5. The number of nitrogens with one attached hydrogen (secondary N) is 4. The van der Waals surface area contributed by atoms with Gasteiger partial charge in [-0.2, -0.15) is 13.2 Å². The van der Waals surface area contributed by atoms with Crippen LogP contribution in [0.2, 0.25) is 0 Å². The van der Waals surface area contributed by atoms with Crippen molar-refractivity contribution in [2.75, 3.05) is 43.9 Å². The summed E-state index contributed by atoms with van der Waals surface area (Å²) in [6.45, 7) is 4.50. The average Bonchev–Trinajstić information content (AvgIpc) is 3.35. The lowest BCUT2D eigenvalue weighted by Gasteiger charge is -2.41. The van der Waals surface area contributed by atoms with E-state index < -0.39 is 23.3 Å². The first-order valence-corrected chi connectivity index (χ1v) is 23.0. The number of piperidine rings is 2. The number of methoxy groups -OCH3 is 1. The summed E-state index contributed by atoms with van der Waals surface area (Å²) in [5.41, 5.74) is 7.43. The largest absolute Gasteiger partial charge is 0.504 e. The molecule has 0 bridgehead atoms. The Hall–Kier alpha value is -6.91. The molecular formula is C54H53F3N4O8. The van der Waals surface area contributed by atoms with E-state index in [9.17, 15) is 27.9 Å². The Balaban J connectivity index is 0.000000172. The summed E-state index contributed by atoms with van der Waals surface area (Å²) in [5, 5.41) is 22.1. The van der Waals surface area contributed by atoms with Crippen LogP contribution in [-0.4, -0.2) is 61.8 Å². The fraction of sp³-hybridized carbons (Fsp3) is 0.296. The number of hydrogen-bond acceptors (Lipinski definition) is 10. The van der Waals surface area contributed by atoms with E-state index in [-0.39, 0.29) is 30.4 Å². The van der Waals surface area contributed by atoms with Gasteiger partial charge >= 0.3 is 6.18 Å². The molecule has 12 nitrogen and oxygen atoms in total. The summed E-state index contributed by atoms with van der Waals surface area (Å²) in [6, 6.07) is 36.9.